The van der Waals surface area contributed by atoms with E-state index in [9.17, 15) is 22.0 Å². The van der Waals surface area contributed by atoms with E-state index >= 15 is 0 Å². The molecule has 1 heterocycles. The van der Waals surface area contributed by atoms with Gasteiger partial charge in [-0.25, -0.2) is 17.2 Å². The fourth-order valence-corrected chi connectivity index (χ4v) is 5.49. The van der Waals surface area contributed by atoms with Crippen LogP contribution in [-0.2, 0) is 26.9 Å². The molecule has 0 atom stereocenters. The van der Waals surface area contributed by atoms with Crippen LogP contribution in [0.4, 0.5) is 14.5 Å². The number of sulfone groups is 1. The first kappa shape index (κ1) is 22.9. The number of fused-ring (bicyclic) bond motifs is 1. The van der Waals surface area contributed by atoms with Crippen LogP contribution < -0.4 is 5.32 Å². The fourth-order valence-electron chi connectivity index (χ4n) is 3.56. The molecule has 170 valence electrons. The molecule has 33 heavy (non-hydrogen) atoms. The van der Waals surface area contributed by atoms with E-state index in [1.807, 2.05) is 0 Å². The van der Waals surface area contributed by atoms with Crippen LogP contribution in [0.15, 0.2) is 71.8 Å². The van der Waals surface area contributed by atoms with Gasteiger partial charge in [0.1, 0.15) is 18.2 Å². The molecule has 1 aromatic heterocycles. The van der Waals surface area contributed by atoms with Gasteiger partial charge < -0.3 is 9.88 Å². The molecule has 0 saturated heterocycles. The van der Waals surface area contributed by atoms with Gasteiger partial charge in [-0.1, -0.05) is 41.9 Å². The molecule has 0 aliphatic heterocycles. The van der Waals surface area contributed by atoms with E-state index in [4.69, 9.17) is 11.6 Å². The van der Waals surface area contributed by atoms with E-state index in [1.54, 1.807) is 43.3 Å². The Kier molecular flexibility index (Phi) is 6.23. The van der Waals surface area contributed by atoms with Gasteiger partial charge in [0.05, 0.1) is 10.6 Å². The largest absolute Gasteiger partial charge is 0.337 e. The number of carbonyl (C=O) groups excluding carboxylic acids is 1. The van der Waals surface area contributed by atoms with Crippen molar-refractivity contribution < 1.29 is 22.0 Å². The van der Waals surface area contributed by atoms with Gasteiger partial charge in [0.25, 0.3) is 0 Å². The summed E-state index contributed by atoms with van der Waals surface area (Å²) in [6, 6.07) is 15.0. The standard InChI is InChI=1S/C24H19ClF2N2O3S/c1-15-9-10-16(11-21(15)27)28-24(30)13-29-12-23(17-5-2-3-8-22(17)29)33(31,32)14-18-19(25)6-4-7-20(18)26/h2-12H,13-14H2,1H3,(H,28,30). The number of carbonyl (C=O) groups is 1. The smallest absolute Gasteiger partial charge is 0.244 e. The summed E-state index contributed by atoms with van der Waals surface area (Å²) in [6.45, 7) is 1.41. The Balaban J connectivity index is 1.66. The van der Waals surface area contributed by atoms with Crippen molar-refractivity contribution in [1.29, 1.82) is 0 Å². The highest BCUT2D eigenvalue weighted by Gasteiger charge is 2.25. The summed E-state index contributed by atoms with van der Waals surface area (Å²) in [4.78, 5) is 12.6. The van der Waals surface area contributed by atoms with Crippen molar-refractivity contribution in [2.24, 2.45) is 0 Å². The predicted molar refractivity (Wildman–Crippen MR) is 124 cm³/mol. The Morgan fingerprint density at radius 1 is 1.03 bits per heavy atom. The third kappa shape index (κ3) is 4.77. The van der Waals surface area contributed by atoms with Crippen molar-refractivity contribution in [3.63, 3.8) is 0 Å². The van der Waals surface area contributed by atoms with E-state index in [0.29, 0.717) is 22.2 Å². The zero-order valence-electron chi connectivity index (χ0n) is 17.5. The zero-order chi connectivity index (χ0) is 23.8. The van der Waals surface area contributed by atoms with Crippen molar-refractivity contribution in [3.05, 3.63) is 94.6 Å². The maximum atomic E-state index is 14.2. The Morgan fingerprint density at radius 3 is 2.52 bits per heavy atom. The van der Waals surface area contributed by atoms with Crippen LogP contribution in [0.25, 0.3) is 10.9 Å². The van der Waals surface area contributed by atoms with Gasteiger partial charge in [0.2, 0.25) is 5.91 Å². The van der Waals surface area contributed by atoms with Gasteiger partial charge in [0, 0.05) is 33.4 Å². The lowest BCUT2D eigenvalue weighted by atomic mass is 10.2. The molecular formula is C24H19ClF2N2O3S. The highest BCUT2D eigenvalue weighted by atomic mass is 35.5. The molecular weight excluding hydrogens is 470 g/mol. The first-order chi connectivity index (χ1) is 15.7. The minimum atomic E-state index is -4.00. The molecule has 4 rings (SSSR count). The second kappa shape index (κ2) is 8.96. The number of para-hydroxylation sites is 1. The lowest BCUT2D eigenvalue weighted by Gasteiger charge is -2.08. The zero-order valence-corrected chi connectivity index (χ0v) is 19.1. The highest BCUT2D eigenvalue weighted by molar-refractivity contribution is 7.90. The number of aryl methyl sites for hydroxylation is 1. The minimum Gasteiger partial charge on any atom is -0.337 e. The summed E-state index contributed by atoms with van der Waals surface area (Å²) in [6.07, 6.45) is 1.35. The number of hydrogen-bond donors (Lipinski definition) is 1. The molecule has 5 nitrogen and oxygen atoms in total. The van der Waals surface area contributed by atoms with Gasteiger partial charge in [0.15, 0.2) is 9.84 Å². The summed E-state index contributed by atoms with van der Waals surface area (Å²) in [5, 5.41) is 3.03. The molecule has 0 spiro atoms. The highest BCUT2D eigenvalue weighted by Crippen LogP contribution is 2.30. The predicted octanol–water partition coefficient (Wildman–Crippen LogP) is 5.49. The van der Waals surface area contributed by atoms with Gasteiger partial charge in [-0.2, -0.15) is 0 Å². The summed E-state index contributed by atoms with van der Waals surface area (Å²) >= 11 is 6.02. The topological polar surface area (TPSA) is 68.2 Å². The lowest BCUT2D eigenvalue weighted by Crippen LogP contribution is -2.18. The molecule has 1 amide bonds. The molecule has 1 N–H and O–H groups in total. The van der Waals surface area contributed by atoms with Crippen LogP contribution in [0.5, 0.6) is 0 Å². The Labute approximate surface area is 194 Å². The first-order valence-corrected chi connectivity index (χ1v) is 12.0. The Hall–Kier alpha value is -3.23. The molecule has 9 heteroatoms. The quantitative estimate of drug-likeness (QED) is 0.390. The number of nitrogens with one attached hydrogen (secondary N) is 1. The van der Waals surface area contributed by atoms with Crippen LogP contribution in [0.2, 0.25) is 5.02 Å². The Morgan fingerprint density at radius 2 is 1.79 bits per heavy atom. The number of nitrogens with zero attached hydrogens (tertiary/aromatic N) is 1. The van der Waals surface area contributed by atoms with Crippen molar-refractivity contribution in [3.8, 4) is 0 Å². The molecule has 0 radical (unpaired) electrons. The fraction of sp³-hybridized carbons (Fsp3) is 0.125. The van der Waals surface area contributed by atoms with Crippen LogP contribution in [-0.4, -0.2) is 18.9 Å². The molecule has 0 aliphatic rings. The average molecular weight is 489 g/mol. The Bertz CT molecular complexity index is 1460. The number of benzene rings is 3. The summed E-state index contributed by atoms with van der Waals surface area (Å²) < 4.78 is 55.9. The SMILES string of the molecule is Cc1ccc(NC(=O)Cn2cc(S(=O)(=O)Cc3c(F)cccc3Cl)c3ccccc32)cc1F. The molecule has 0 bridgehead atoms. The van der Waals surface area contributed by atoms with Gasteiger partial charge in [-0.15, -0.1) is 0 Å². The molecule has 0 aliphatic carbocycles. The van der Waals surface area contributed by atoms with Crippen molar-refractivity contribution in [2.75, 3.05) is 5.32 Å². The van der Waals surface area contributed by atoms with E-state index < -0.39 is 33.1 Å². The van der Waals surface area contributed by atoms with E-state index in [1.165, 1.54) is 29.0 Å². The third-order valence-corrected chi connectivity index (χ3v) is 7.27. The normalized spacial score (nSPS) is 11.6. The number of anilines is 1. The van der Waals surface area contributed by atoms with Crippen LogP contribution in [0.3, 0.4) is 0 Å². The van der Waals surface area contributed by atoms with E-state index in [0.717, 1.165) is 6.07 Å². The summed E-state index contributed by atoms with van der Waals surface area (Å²) in [7, 11) is -4.00. The van der Waals surface area contributed by atoms with Crippen LogP contribution in [0.1, 0.15) is 11.1 Å². The molecule has 4 aromatic rings. The summed E-state index contributed by atoms with van der Waals surface area (Å²) in [5.41, 5.74) is 1.15. The maximum Gasteiger partial charge on any atom is 0.244 e. The number of halogens is 3. The third-order valence-electron chi connectivity index (χ3n) is 5.25. The molecule has 0 unspecified atom stereocenters. The number of hydrogen-bond acceptors (Lipinski definition) is 3. The van der Waals surface area contributed by atoms with E-state index in [2.05, 4.69) is 5.32 Å². The average Bonchev–Trinajstić information content (AvgIpc) is 3.13. The van der Waals surface area contributed by atoms with Gasteiger partial charge >= 0.3 is 0 Å². The van der Waals surface area contributed by atoms with Crippen molar-refractivity contribution in [2.45, 2.75) is 24.1 Å². The van der Waals surface area contributed by atoms with Crippen molar-refractivity contribution in [1.82, 2.24) is 4.57 Å². The second-order valence-corrected chi connectivity index (χ2v) is 9.98. The van der Waals surface area contributed by atoms with Crippen molar-refractivity contribution >= 4 is 43.9 Å². The second-order valence-electron chi connectivity index (χ2n) is 7.61. The molecule has 0 saturated carbocycles. The van der Waals surface area contributed by atoms with Gasteiger partial charge in [-0.3, -0.25) is 4.79 Å². The summed E-state index contributed by atoms with van der Waals surface area (Å²) in [5.74, 6) is -2.24. The van der Waals surface area contributed by atoms with Crippen LogP contribution >= 0.6 is 11.6 Å². The number of aromatic nitrogens is 1. The molecule has 3 aromatic carbocycles. The molecule has 0 fully saturated rings. The van der Waals surface area contributed by atoms with Gasteiger partial charge in [-0.05, 0) is 42.8 Å². The number of amides is 1. The number of rotatable bonds is 6. The monoisotopic (exact) mass is 488 g/mol. The van der Waals surface area contributed by atoms with Crippen LogP contribution in [0, 0.1) is 18.6 Å². The first-order valence-electron chi connectivity index (χ1n) is 9.95. The maximum absolute atomic E-state index is 14.2. The minimum absolute atomic E-state index is 0.0204. The van der Waals surface area contributed by atoms with E-state index in [-0.39, 0.29) is 22.0 Å². The lowest BCUT2D eigenvalue weighted by molar-refractivity contribution is -0.116.